The Morgan fingerprint density at radius 3 is 2.56 bits per heavy atom. The number of carbonyl (C=O) groups is 2. The number of ether oxygens (including phenoxy) is 1. The number of nitrogens with zero attached hydrogens (tertiary/aromatic N) is 4. The summed E-state index contributed by atoms with van der Waals surface area (Å²) in [5.41, 5.74) is 0.950. The zero-order valence-corrected chi connectivity index (χ0v) is 19.7. The highest BCUT2D eigenvalue weighted by molar-refractivity contribution is 5.80. The van der Waals surface area contributed by atoms with E-state index in [2.05, 4.69) is 14.9 Å². The SMILES string of the molecule is CCOC(=O)C[C@@H](c1ccc(F)cc1)C1CCN(C(=O)[C@H]2CCCN(c3cnccn3)C2)CC1. The van der Waals surface area contributed by atoms with Gasteiger partial charge in [-0.1, -0.05) is 12.1 Å². The predicted molar refractivity (Wildman–Crippen MR) is 127 cm³/mol. The molecule has 4 rings (SSSR count). The van der Waals surface area contributed by atoms with Gasteiger partial charge in [0.2, 0.25) is 5.91 Å². The first-order chi connectivity index (χ1) is 16.5. The van der Waals surface area contributed by atoms with E-state index in [0.717, 1.165) is 43.6 Å². The highest BCUT2D eigenvalue weighted by Gasteiger charge is 2.35. The van der Waals surface area contributed by atoms with Gasteiger partial charge in [0, 0.05) is 38.6 Å². The first kappa shape index (κ1) is 24.1. The average molecular weight is 469 g/mol. The number of piperidine rings is 2. The van der Waals surface area contributed by atoms with E-state index in [1.807, 2.05) is 4.90 Å². The Morgan fingerprint density at radius 1 is 1.12 bits per heavy atom. The van der Waals surface area contributed by atoms with E-state index in [1.54, 1.807) is 37.6 Å². The minimum Gasteiger partial charge on any atom is -0.466 e. The van der Waals surface area contributed by atoms with Gasteiger partial charge in [-0.3, -0.25) is 14.6 Å². The zero-order valence-electron chi connectivity index (χ0n) is 19.7. The van der Waals surface area contributed by atoms with Gasteiger partial charge in [-0.25, -0.2) is 9.37 Å². The van der Waals surface area contributed by atoms with Crippen LogP contribution in [0.4, 0.5) is 10.2 Å². The first-order valence-electron chi connectivity index (χ1n) is 12.3. The maximum Gasteiger partial charge on any atom is 0.306 e. The number of esters is 1. The fraction of sp³-hybridized carbons (Fsp3) is 0.538. The van der Waals surface area contributed by atoms with Crippen LogP contribution in [0.15, 0.2) is 42.9 Å². The van der Waals surface area contributed by atoms with Gasteiger partial charge in [-0.2, -0.15) is 0 Å². The maximum atomic E-state index is 13.5. The Balaban J connectivity index is 1.37. The number of carbonyl (C=O) groups excluding carboxylic acids is 2. The number of aromatic nitrogens is 2. The van der Waals surface area contributed by atoms with Gasteiger partial charge in [-0.15, -0.1) is 0 Å². The number of amides is 1. The van der Waals surface area contributed by atoms with Crippen LogP contribution in [0.3, 0.4) is 0 Å². The molecule has 0 bridgehead atoms. The molecule has 0 saturated carbocycles. The molecule has 2 aliphatic heterocycles. The third-order valence-corrected chi connectivity index (χ3v) is 7.05. The van der Waals surface area contributed by atoms with Crippen molar-refractivity contribution in [2.24, 2.45) is 11.8 Å². The monoisotopic (exact) mass is 468 g/mol. The Kier molecular flexibility index (Phi) is 8.08. The third-order valence-electron chi connectivity index (χ3n) is 7.05. The van der Waals surface area contributed by atoms with E-state index in [4.69, 9.17) is 4.74 Å². The zero-order chi connectivity index (χ0) is 23.9. The summed E-state index contributed by atoms with van der Waals surface area (Å²) in [6.07, 6.45) is 8.82. The predicted octanol–water partition coefficient (Wildman–Crippen LogP) is 3.81. The van der Waals surface area contributed by atoms with E-state index in [0.29, 0.717) is 26.2 Å². The summed E-state index contributed by atoms with van der Waals surface area (Å²) in [6.45, 7) is 5.04. The number of benzene rings is 1. The van der Waals surface area contributed by atoms with Crippen LogP contribution in [-0.2, 0) is 14.3 Å². The van der Waals surface area contributed by atoms with Crippen LogP contribution in [0.2, 0.25) is 0 Å². The van der Waals surface area contributed by atoms with Gasteiger partial charge in [0.15, 0.2) is 0 Å². The Labute approximate surface area is 200 Å². The van der Waals surface area contributed by atoms with Gasteiger partial charge >= 0.3 is 5.97 Å². The largest absolute Gasteiger partial charge is 0.466 e. The number of hydrogen-bond donors (Lipinski definition) is 0. The first-order valence-corrected chi connectivity index (χ1v) is 12.3. The van der Waals surface area contributed by atoms with Crippen LogP contribution in [0.25, 0.3) is 0 Å². The molecule has 8 heteroatoms. The molecule has 2 aliphatic rings. The highest BCUT2D eigenvalue weighted by atomic mass is 19.1. The van der Waals surface area contributed by atoms with Crippen molar-refractivity contribution in [1.29, 1.82) is 0 Å². The smallest absolute Gasteiger partial charge is 0.306 e. The van der Waals surface area contributed by atoms with Gasteiger partial charge < -0.3 is 14.5 Å². The molecule has 1 aromatic heterocycles. The lowest BCUT2D eigenvalue weighted by Crippen LogP contribution is -2.48. The van der Waals surface area contributed by atoms with Crippen molar-refractivity contribution in [2.75, 3.05) is 37.7 Å². The van der Waals surface area contributed by atoms with Crippen LogP contribution in [0.5, 0.6) is 0 Å². The van der Waals surface area contributed by atoms with E-state index in [1.165, 1.54) is 12.1 Å². The molecule has 0 spiro atoms. The second-order valence-electron chi connectivity index (χ2n) is 9.18. The van der Waals surface area contributed by atoms with Crippen LogP contribution < -0.4 is 4.90 Å². The Morgan fingerprint density at radius 2 is 1.88 bits per heavy atom. The molecular formula is C26H33FN4O3. The van der Waals surface area contributed by atoms with Gasteiger partial charge in [0.05, 0.1) is 25.1 Å². The highest BCUT2D eigenvalue weighted by Crippen LogP contribution is 2.36. The molecule has 0 unspecified atom stereocenters. The van der Waals surface area contributed by atoms with Crippen molar-refractivity contribution < 1.29 is 18.7 Å². The van der Waals surface area contributed by atoms with Gasteiger partial charge in [0.1, 0.15) is 11.6 Å². The number of halogens is 1. The van der Waals surface area contributed by atoms with Crippen LogP contribution in [0, 0.1) is 17.7 Å². The van der Waals surface area contributed by atoms with Crippen LogP contribution in [-0.4, -0.2) is 59.5 Å². The fourth-order valence-corrected chi connectivity index (χ4v) is 5.29. The van der Waals surface area contributed by atoms with Crippen molar-refractivity contribution >= 4 is 17.7 Å². The molecule has 34 heavy (non-hydrogen) atoms. The van der Waals surface area contributed by atoms with Crippen molar-refractivity contribution in [3.8, 4) is 0 Å². The fourth-order valence-electron chi connectivity index (χ4n) is 5.29. The molecule has 2 saturated heterocycles. The summed E-state index contributed by atoms with van der Waals surface area (Å²) in [4.78, 5) is 38.3. The molecule has 1 amide bonds. The van der Waals surface area contributed by atoms with E-state index >= 15 is 0 Å². The number of hydrogen-bond acceptors (Lipinski definition) is 6. The normalized spacial score (nSPS) is 20.1. The van der Waals surface area contributed by atoms with E-state index < -0.39 is 0 Å². The van der Waals surface area contributed by atoms with Crippen molar-refractivity contribution in [1.82, 2.24) is 14.9 Å². The lowest BCUT2D eigenvalue weighted by Gasteiger charge is -2.39. The molecule has 2 aromatic rings. The lowest BCUT2D eigenvalue weighted by molar-refractivity contribution is -0.144. The van der Waals surface area contributed by atoms with Crippen LogP contribution >= 0.6 is 0 Å². The molecule has 1 aromatic carbocycles. The molecule has 0 radical (unpaired) electrons. The van der Waals surface area contributed by atoms with Gasteiger partial charge in [-0.05, 0) is 62.1 Å². The summed E-state index contributed by atoms with van der Waals surface area (Å²) >= 11 is 0. The molecule has 3 heterocycles. The van der Waals surface area contributed by atoms with Crippen LogP contribution in [0.1, 0.15) is 50.5 Å². The summed E-state index contributed by atoms with van der Waals surface area (Å²) in [6, 6.07) is 6.41. The summed E-state index contributed by atoms with van der Waals surface area (Å²) in [5, 5.41) is 0. The second kappa shape index (κ2) is 11.4. The van der Waals surface area contributed by atoms with E-state index in [-0.39, 0.29) is 41.9 Å². The molecule has 2 fully saturated rings. The molecule has 0 N–H and O–H groups in total. The number of likely N-dealkylation sites (tertiary alicyclic amines) is 1. The number of rotatable bonds is 7. The molecular weight excluding hydrogens is 435 g/mol. The van der Waals surface area contributed by atoms with Gasteiger partial charge in [0.25, 0.3) is 0 Å². The Bertz CT molecular complexity index is 948. The molecule has 0 aliphatic carbocycles. The van der Waals surface area contributed by atoms with Crippen molar-refractivity contribution in [3.05, 3.63) is 54.2 Å². The Hall–Kier alpha value is -3.03. The average Bonchev–Trinajstić information content (AvgIpc) is 2.88. The quantitative estimate of drug-likeness (QED) is 0.576. The molecule has 7 nitrogen and oxygen atoms in total. The third kappa shape index (κ3) is 5.90. The topological polar surface area (TPSA) is 75.6 Å². The summed E-state index contributed by atoms with van der Waals surface area (Å²) in [7, 11) is 0. The standard InChI is InChI=1S/C26H33FN4O3/c1-2-34-25(32)16-23(19-5-7-22(27)8-6-19)20-9-14-30(15-10-20)26(33)21-4-3-13-31(18-21)24-17-28-11-12-29-24/h5-8,11-12,17,20-21,23H,2-4,9-10,13-16,18H2,1H3/t21-,23-/m0/s1. The summed E-state index contributed by atoms with van der Waals surface area (Å²) in [5.74, 6) is 0.652. The van der Waals surface area contributed by atoms with E-state index in [9.17, 15) is 14.0 Å². The lowest BCUT2D eigenvalue weighted by atomic mass is 9.78. The second-order valence-corrected chi connectivity index (χ2v) is 9.18. The molecule has 2 atom stereocenters. The minimum absolute atomic E-state index is 0.0419. The molecule has 182 valence electrons. The van der Waals surface area contributed by atoms with Crippen molar-refractivity contribution in [2.45, 2.75) is 44.9 Å². The summed E-state index contributed by atoms with van der Waals surface area (Å²) < 4.78 is 18.7. The maximum absolute atomic E-state index is 13.5. The van der Waals surface area contributed by atoms with Crippen molar-refractivity contribution in [3.63, 3.8) is 0 Å². The minimum atomic E-state index is -0.290. The number of anilines is 1.